The van der Waals surface area contributed by atoms with Gasteiger partial charge in [0.15, 0.2) is 5.96 Å². The number of nitrogens with one attached hydrogen (secondary N) is 2. The minimum Gasteiger partial charge on any atom is -0.491 e. The predicted molar refractivity (Wildman–Crippen MR) is 135 cm³/mol. The van der Waals surface area contributed by atoms with Crippen LogP contribution in [0.25, 0.3) is 0 Å². The van der Waals surface area contributed by atoms with Crippen molar-refractivity contribution in [3.05, 3.63) is 64.7 Å². The number of benzene rings is 2. The van der Waals surface area contributed by atoms with Gasteiger partial charge in [-0.25, -0.2) is 0 Å². The van der Waals surface area contributed by atoms with Crippen LogP contribution in [-0.4, -0.2) is 39.4 Å². The van der Waals surface area contributed by atoms with Crippen molar-refractivity contribution in [3.63, 3.8) is 0 Å². The molecule has 31 heavy (non-hydrogen) atoms. The van der Waals surface area contributed by atoms with Gasteiger partial charge in [-0.2, -0.15) is 0 Å². The Balaban J connectivity index is 0.00000341. The molecular weight excluding hydrogens is 505 g/mol. The molecular formula is C24H34IN3O3. The molecule has 1 unspecified atom stereocenters. The van der Waals surface area contributed by atoms with Crippen molar-refractivity contribution in [2.45, 2.75) is 45.6 Å². The van der Waals surface area contributed by atoms with Crippen LogP contribution in [0.1, 0.15) is 35.1 Å². The fourth-order valence-electron chi connectivity index (χ4n) is 3.48. The molecule has 0 aliphatic carbocycles. The van der Waals surface area contributed by atoms with E-state index in [1.165, 1.54) is 11.1 Å². The molecule has 0 spiro atoms. The number of halogens is 1. The summed E-state index contributed by atoms with van der Waals surface area (Å²) < 4.78 is 17.0. The number of guanidine groups is 1. The lowest BCUT2D eigenvalue weighted by atomic mass is 10.1. The summed E-state index contributed by atoms with van der Waals surface area (Å²) in [7, 11) is 3.49. The largest absolute Gasteiger partial charge is 0.491 e. The highest BCUT2D eigenvalue weighted by atomic mass is 127. The SMILES string of the molecule is CN=C(NCc1cccc(COC)c1)NCc1ccc(C)cc1OCC1CCCO1.I. The first kappa shape index (κ1) is 25.4. The highest BCUT2D eigenvalue weighted by Crippen LogP contribution is 2.22. The Morgan fingerprint density at radius 3 is 2.68 bits per heavy atom. The van der Waals surface area contributed by atoms with Gasteiger partial charge < -0.3 is 24.8 Å². The number of hydrogen-bond acceptors (Lipinski definition) is 4. The van der Waals surface area contributed by atoms with Crippen molar-refractivity contribution in [1.29, 1.82) is 0 Å². The summed E-state index contributed by atoms with van der Waals surface area (Å²) in [4.78, 5) is 4.34. The number of rotatable bonds is 9. The van der Waals surface area contributed by atoms with E-state index in [-0.39, 0.29) is 30.1 Å². The lowest BCUT2D eigenvalue weighted by Crippen LogP contribution is -2.36. The van der Waals surface area contributed by atoms with Crippen LogP contribution in [0, 0.1) is 6.92 Å². The van der Waals surface area contributed by atoms with Gasteiger partial charge in [0.1, 0.15) is 12.4 Å². The van der Waals surface area contributed by atoms with Gasteiger partial charge in [0.25, 0.3) is 0 Å². The Morgan fingerprint density at radius 1 is 1.13 bits per heavy atom. The quantitative estimate of drug-likeness (QED) is 0.285. The van der Waals surface area contributed by atoms with E-state index in [0.29, 0.717) is 26.3 Å². The molecule has 0 amide bonds. The van der Waals surface area contributed by atoms with E-state index in [0.717, 1.165) is 42.3 Å². The van der Waals surface area contributed by atoms with Crippen molar-refractivity contribution >= 4 is 29.9 Å². The van der Waals surface area contributed by atoms with Crippen molar-refractivity contribution in [1.82, 2.24) is 10.6 Å². The average Bonchev–Trinajstić information content (AvgIpc) is 3.27. The Morgan fingerprint density at radius 2 is 1.94 bits per heavy atom. The summed E-state index contributed by atoms with van der Waals surface area (Å²) in [6.07, 6.45) is 2.39. The summed E-state index contributed by atoms with van der Waals surface area (Å²) in [5, 5.41) is 6.76. The van der Waals surface area contributed by atoms with Gasteiger partial charge in [0.05, 0.1) is 12.7 Å². The Hall–Kier alpha value is -1.84. The zero-order valence-electron chi connectivity index (χ0n) is 18.6. The van der Waals surface area contributed by atoms with Crippen LogP contribution in [0.4, 0.5) is 0 Å². The lowest BCUT2D eigenvalue weighted by Gasteiger charge is -2.17. The average molecular weight is 539 g/mol. The van der Waals surface area contributed by atoms with Gasteiger partial charge >= 0.3 is 0 Å². The third-order valence-electron chi connectivity index (χ3n) is 5.10. The molecule has 6 nitrogen and oxygen atoms in total. The van der Waals surface area contributed by atoms with Gasteiger partial charge in [-0.3, -0.25) is 4.99 Å². The molecule has 1 fully saturated rings. The van der Waals surface area contributed by atoms with Crippen LogP contribution in [0.3, 0.4) is 0 Å². The predicted octanol–water partition coefficient (Wildman–Crippen LogP) is 4.18. The molecule has 2 aromatic carbocycles. The number of hydrogen-bond donors (Lipinski definition) is 2. The molecule has 170 valence electrons. The zero-order valence-corrected chi connectivity index (χ0v) is 21.0. The first-order valence-corrected chi connectivity index (χ1v) is 10.5. The Bertz CT molecular complexity index is 839. The number of aliphatic imine (C=N–C) groups is 1. The molecule has 2 aromatic rings. The molecule has 1 heterocycles. The van der Waals surface area contributed by atoms with E-state index >= 15 is 0 Å². The molecule has 0 saturated carbocycles. The highest BCUT2D eigenvalue weighted by Gasteiger charge is 2.17. The zero-order chi connectivity index (χ0) is 21.2. The van der Waals surface area contributed by atoms with E-state index < -0.39 is 0 Å². The maximum absolute atomic E-state index is 6.10. The second-order valence-electron chi connectivity index (χ2n) is 7.59. The number of ether oxygens (including phenoxy) is 3. The summed E-state index contributed by atoms with van der Waals surface area (Å²) in [5.74, 6) is 1.65. The second-order valence-corrected chi connectivity index (χ2v) is 7.59. The van der Waals surface area contributed by atoms with Crippen LogP contribution < -0.4 is 15.4 Å². The first-order valence-electron chi connectivity index (χ1n) is 10.5. The first-order chi connectivity index (χ1) is 14.7. The molecule has 2 N–H and O–H groups in total. The van der Waals surface area contributed by atoms with Crippen LogP contribution >= 0.6 is 24.0 Å². The van der Waals surface area contributed by atoms with Gasteiger partial charge in [-0.1, -0.05) is 36.4 Å². The summed E-state index contributed by atoms with van der Waals surface area (Å²) in [6.45, 7) is 5.45. The third-order valence-corrected chi connectivity index (χ3v) is 5.10. The molecule has 1 atom stereocenters. The monoisotopic (exact) mass is 539 g/mol. The second kappa shape index (κ2) is 13.5. The summed E-state index contributed by atoms with van der Waals surface area (Å²) in [6, 6.07) is 14.6. The van der Waals surface area contributed by atoms with Crippen molar-refractivity contribution < 1.29 is 14.2 Å². The van der Waals surface area contributed by atoms with E-state index in [1.54, 1.807) is 14.2 Å². The van der Waals surface area contributed by atoms with E-state index in [1.807, 2.05) is 6.07 Å². The topological polar surface area (TPSA) is 64.1 Å². The Kier molecular flexibility index (Phi) is 11.1. The normalized spacial score (nSPS) is 16.0. The van der Waals surface area contributed by atoms with Gasteiger partial charge in [0, 0.05) is 39.4 Å². The van der Waals surface area contributed by atoms with Crippen molar-refractivity contribution in [2.75, 3.05) is 27.4 Å². The molecule has 0 radical (unpaired) electrons. The van der Waals surface area contributed by atoms with Crippen LogP contribution in [-0.2, 0) is 29.2 Å². The van der Waals surface area contributed by atoms with Crippen molar-refractivity contribution in [2.24, 2.45) is 4.99 Å². The molecule has 1 aliphatic heterocycles. The smallest absolute Gasteiger partial charge is 0.191 e. The van der Waals surface area contributed by atoms with Crippen molar-refractivity contribution in [3.8, 4) is 5.75 Å². The third kappa shape index (κ3) is 8.31. The minimum atomic E-state index is 0. The van der Waals surface area contributed by atoms with E-state index in [4.69, 9.17) is 14.2 Å². The fraction of sp³-hybridized carbons (Fsp3) is 0.458. The fourth-order valence-corrected chi connectivity index (χ4v) is 3.48. The molecule has 3 rings (SSSR count). The molecule has 7 heteroatoms. The van der Waals surface area contributed by atoms with Gasteiger partial charge in [0.2, 0.25) is 0 Å². The van der Waals surface area contributed by atoms with Crippen LogP contribution in [0.5, 0.6) is 5.75 Å². The highest BCUT2D eigenvalue weighted by molar-refractivity contribution is 14.0. The number of methoxy groups -OCH3 is 1. The summed E-state index contributed by atoms with van der Waals surface area (Å²) >= 11 is 0. The van der Waals surface area contributed by atoms with E-state index in [2.05, 4.69) is 58.9 Å². The number of nitrogens with zero attached hydrogens (tertiary/aromatic N) is 1. The number of aryl methyl sites for hydroxylation is 1. The lowest BCUT2D eigenvalue weighted by molar-refractivity contribution is 0.0676. The molecule has 1 saturated heterocycles. The summed E-state index contributed by atoms with van der Waals surface area (Å²) in [5.41, 5.74) is 4.62. The maximum atomic E-state index is 6.10. The van der Waals surface area contributed by atoms with Gasteiger partial charge in [-0.15, -0.1) is 24.0 Å². The minimum absolute atomic E-state index is 0. The standard InChI is InChI=1S/C24H33N3O3.HI/c1-18-9-10-21(23(12-18)30-17-22-8-5-11-29-22)15-27-24(25-2)26-14-19-6-4-7-20(13-19)16-28-3;/h4,6-7,9-10,12-13,22H,5,8,11,14-17H2,1-3H3,(H2,25,26,27);1H. The Labute approximate surface area is 202 Å². The maximum Gasteiger partial charge on any atom is 0.191 e. The molecule has 1 aliphatic rings. The van der Waals surface area contributed by atoms with E-state index in [9.17, 15) is 0 Å². The molecule has 0 bridgehead atoms. The van der Waals surface area contributed by atoms with Crippen LogP contribution in [0.15, 0.2) is 47.5 Å². The molecule has 0 aromatic heterocycles. The van der Waals surface area contributed by atoms with Gasteiger partial charge in [-0.05, 0) is 42.5 Å². The van der Waals surface area contributed by atoms with Crippen LogP contribution in [0.2, 0.25) is 0 Å².